The first-order valence-electron chi connectivity index (χ1n) is 8.29. The zero-order chi connectivity index (χ0) is 16.1. The molecule has 1 aromatic heterocycles. The minimum absolute atomic E-state index is 0.472. The molecule has 0 atom stereocenters. The minimum Gasteiger partial charge on any atom is -0.382 e. The van der Waals surface area contributed by atoms with Crippen molar-refractivity contribution < 1.29 is 14.2 Å². The largest absolute Gasteiger partial charge is 0.382 e. The van der Waals surface area contributed by atoms with Crippen molar-refractivity contribution in [3.05, 3.63) is 29.5 Å². The van der Waals surface area contributed by atoms with Crippen molar-refractivity contribution in [3.8, 4) is 0 Å². The molecule has 2 aromatic rings. The highest BCUT2D eigenvalue weighted by molar-refractivity contribution is 5.94. The molecule has 5 heteroatoms. The van der Waals surface area contributed by atoms with Gasteiger partial charge in [-0.25, -0.2) is 0 Å². The van der Waals surface area contributed by atoms with E-state index in [0.717, 1.165) is 31.7 Å². The predicted molar refractivity (Wildman–Crippen MR) is 92.0 cm³/mol. The third-order valence-corrected chi connectivity index (χ3v) is 4.34. The number of fused-ring (bicyclic) bond motifs is 1. The first-order valence-corrected chi connectivity index (χ1v) is 8.29. The number of aromatic amines is 1. The van der Waals surface area contributed by atoms with Crippen LogP contribution in [0.4, 0.5) is 5.69 Å². The van der Waals surface area contributed by atoms with Gasteiger partial charge in [0.25, 0.3) is 0 Å². The molecule has 3 rings (SSSR count). The molecule has 0 aliphatic carbocycles. The van der Waals surface area contributed by atoms with Crippen molar-refractivity contribution in [1.82, 2.24) is 4.98 Å². The van der Waals surface area contributed by atoms with E-state index in [0.29, 0.717) is 25.9 Å². The topological polar surface area (TPSA) is 55.5 Å². The van der Waals surface area contributed by atoms with Gasteiger partial charge in [-0.15, -0.1) is 0 Å². The molecule has 5 nitrogen and oxygen atoms in total. The number of ether oxygens (including phenoxy) is 3. The SMILES string of the molecule is COCCOCc1cc(NC2CCOCC2)c2[nH]cc(C)c2c1. The van der Waals surface area contributed by atoms with Gasteiger partial charge in [0.15, 0.2) is 0 Å². The third kappa shape index (κ3) is 4.05. The van der Waals surface area contributed by atoms with E-state index in [1.54, 1.807) is 7.11 Å². The molecule has 2 heterocycles. The summed E-state index contributed by atoms with van der Waals surface area (Å²) in [5, 5.41) is 4.94. The van der Waals surface area contributed by atoms with Crippen molar-refractivity contribution >= 4 is 16.6 Å². The number of hydrogen-bond acceptors (Lipinski definition) is 4. The number of anilines is 1. The summed E-state index contributed by atoms with van der Waals surface area (Å²) < 4.78 is 16.2. The summed E-state index contributed by atoms with van der Waals surface area (Å²) in [6.07, 6.45) is 4.17. The Hall–Kier alpha value is -1.56. The Morgan fingerprint density at radius 3 is 2.87 bits per heavy atom. The molecule has 0 bridgehead atoms. The molecule has 2 N–H and O–H groups in total. The smallest absolute Gasteiger partial charge is 0.0719 e. The fourth-order valence-electron chi connectivity index (χ4n) is 3.02. The summed E-state index contributed by atoms with van der Waals surface area (Å²) in [6, 6.07) is 4.88. The van der Waals surface area contributed by atoms with Crippen LogP contribution in [0.1, 0.15) is 24.0 Å². The van der Waals surface area contributed by atoms with Crippen molar-refractivity contribution in [2.24, 2.45) is 0 Å². The van der Waals surface area contributed by atoms with Crippen LogP contribution in [0.2, 0.25) is 0 Å². The van der Waals surface area contributed by atoms with Crippen LogP contribution in [0.25, 0.3) is 10.9 Å². The number of aryl methyl sites for hydroxylation is 1. The zero-order valence-electron chi connectivity index (χ0n) is 14.0. The molecule has 1 fully saturated rings. The Balaban J connectivity index is 1.79. The molecule has 23 heavy (non-hydrogen) atoms. The van der Waals surface area contributed by atoms with Gasteiger partial charge in [0, 0.05) is 37.9 Å². The highest BCUT2D eigenvalue weighted by atomic mass is 16.5. The molecule has 1 saturated heterocycles. The lowest BCUT2D eigenvalue weighted by Crippen LogP contribution is -2.28. The second-order valence-electron chi connectivity index (χ2n) is 6.11. The highest BCUT2D eigenvalue weighted by Crippen LogP contribution is 2.29. The van der Waals surface area contributed by atoms with E-state index in [1.165, 1.54) is 22.0 Å². The third-order valence-electron chi connectivity index (χ3n) is 4.34. The van der Waals surface area contributed by atoms with E-state index < -0.39 is 0 Å². The zero-order valence-corrected chi connectivity index (χ0v) is 14.0. The highest BCUT2D eigenvalue weighted by Gasteiger charge is 2.16. The van der Waals surface area contributed by atoms with Gasteiger partial charge >= 0.3 is 0 Å². The van der Waals surface area contributed by atoms with Gasteiger partial charge in [-0.2, -0.15) is 0 Å². The van der Waals surface area contributed by atoms with Crippen molar-refractivity contribution in [2.45, 2.75) is 32.4 Å². The predicted octanol–water partition coefficient (Wildman–Crippen LogP) is 3.23. The first-order chi connectivity index (χ1) is 11.3. The lowest BCUT2D eigenvalue weighted by Gasteiger charge is -2.24. The Labute approximate surface area is 137 Å². The van der Waals surface area contributed by atoms with E-state index in [9.17, 15) is 0 Å². The van der Waals surface area contributed by atoms with Crippen molar-refractivity contribution in [2.75, 3.05) is 38.9 Å². The Morgan fingerprint density at radius 2 is 2.09 bits per heavy atom. The van der Waals surface area contributed by atoms with E-state index in [4.69, 9.17) is 14.2 Å². The van der Waals surface area contributed by atoms with Crippen LogP contribution in [0.3, 0.4) is 0 Å². The van der Waals surface area contributed by atoms with E-state index in [-0.39, 0.29) is 0 Å². The van der Waals surface area contributed by atoms with Crippen LogP contribution >= 0.6 is 0 Å². The van der Waals surface area contributed by atoms with Gasteiger partial charge in [0.05, 0.1) is 31.0 Å². The second-order valence-corrected chi connectivity index (χ2v) is 6.11. The van der Waals surface area contributed by atoms with E-state index >= 15 is 0 Å². The summed E-state index contributed by atoms with van der Waals surface area (Å²) in [5.41, 5.74) is 4.78. The van der Waals surface area contributed by atoms with Gasteiger partial charge in [-0.3, -0.25) is 0 Å². The summed E-state index contributed by atoms with van der Waals surface area (Å²) in [5.74, 6) is 0. The van der Waals surface area contributed by atoms with Crippen LogP contribution in [-0.2, 0) is 20.8 Å². The van der Waals surface area contributed by atoms with E-state index in [2.05, 4.69) is 35.6 Å². The molecule has 0 saturated carbocycles. The average Bonchev–Trinajstić information content (AvgIpc) is 2.94. The lowest BCUT2D eigenvalue weighted by atomic mass is 10.1. The van der Waals surface area contributed by atoms with Crippen molar-refractivity contribution in [3.63, 3.8) is 0 Å². The van der Waals surface area contributed by atoms with Crippen LogP contribution in [0.15, 0.2) is 18.3 Å². The van der Waals surface area contributed by atoms with Gasteiger partial charge in [-0.05, 0) is 43.0 Å². The Kier molecular flexibility index (Phi) is 5.54. The van der Waals surface area contributed by atoms with Crippen LogP contribution in [-0.4, -0.2) is 44.6 Å². The van der Waals surface area contributed by atoms with Gasteiger partial charge in [0.1, 0.15) is 0 Å². The molecule has 1 aliphatic rings. The molecule has 0 radical (unpaired) electrons. The fraction of sp³-hybridized carbons (Fsp3) is 0.556. The van der Waals surface area contributed by atoms with Crippen LogP contribution in [0.5, 0.6) is 0 Å². The first kappa shape index (κ1) is 16.3. The second kappa shape index (κ2) is 7.81. The van der Waals surface area contributed by atoms with Gasteiger partial charge < -0.3 is 24.5 Å². The maximum Gasteiger partial charge on any atom is 0.0719 e. The Morgan fingerprint density at radius 1 is 1.26 bits per heavy atom. The number of nitrogens with one attached hydrogen (secondary N) is 2. The summed E-state index contributed by atoms with van der Waals surface area (Å²) in [6.45, 7) is 5.65. The van der Waals surface area contributed by atoms with Gasteiger partial charge in [0.2, 0.25) is 0 Å². The molecule has 1 aliphatic heterocycles. The maximum atomic E-state index is 5.69. The standard InChI is InChI=1S/C18H26N2O3/c1-13-11-19-18-16(13)9-14(12-23-8-7-21-2)10-17(18)20-15-3-5-22-6-4-15/h9-11,15,19-20H,3-8,12H2,1-2H3. The Bertz CT molecular complexity index is 632. The minimum atomic E-state index is 0.472. The van der Waals surface area contributed by atoms with Gasteiger partial charge in [-0.1, -0.05) is 0 Å². The number of methoxy groups -OCH3 is 1. The van der Waals surface area contributed by atoms with Crippen LogP contribution in [0, 0.1) is 6.92 Å². The monoisotopic (exact) mass is 318 g/mol. The van der Waals surface area contributed by atoms with E-state index in [1.807, 2.05) is 0 Å². The van der Waals surface area contributed by atoms with Crippen LogP contribution < -0.4 is 5.32 Å². The van der Waals surface area contributed by atoms with Crippen molar-refractivity contribution in [1.29, 1.82) is 0 Å². The number of rotatable bonds is 7. The molecule has 0 unspecified atom stereocenters. The average molecular weight is 318 g/mol. The number of aromatic nitrogens is 1. The molecular weight excluding hydrogens is 292 g/mol. The molecule has 0 spiro atoms. The fourth-order valence-corrected chi connectivity index (χ4v) is 3.02. The molecule has 126 valence electrons. The number of hydrogen-bond donors (Lipinski definition) is 2. The summed E-state index contributed by atoms with van der Waals surface area (Å²) in [4.78, 5) is 3.40. The number of benzene rings is 1. The normalized spacial score (nSPS) is 16.1. The number of H-pyrrole nitrogens is 1. The lowest BCUT2D eigenvalue weighted by molar-refractivity contribution is 0.0617. The summed E-state index contributed by atoms with van der Waals surface area (Å²) >= 11 is 0. The molecule has 1 aromatic carbocycles. The maximum absolute atomic E-state index is 5.69. The quantitative estimate of drug-likeness (QED) is 0.770. The molecular formula is C18H26N2O3. The molecule has 0 amide bonds. The summed E-state index contributed by atoms with van der Waals surface area (Å²) in [7, 11) is 1.69.